The van der Waals surface area contributed by atoms with E-state index in [9.17, 15) is 5.11 Å². The minimum absolute atomic E-state index is 0.246. The molecule has 5 heteroatoms. The Morgan fingerprint density at radius 2 is 2.33 bits per heavy atom. The SMILES string of the molecule is CO[C@H]1CC(Cl)O[C@@H](CO)[C@H]1O. The van der Waals surface area contributed by atoms with E-state index in [-0.39, 0.29) is 12.7 Å². The van der Waals surface area contributed by atoms with Gasteiger partial charge in [-0.15, -0.1) is 0 Å². The molecule has 4 atom stereocenters. The Hall–Kier alpha value is 0.130. The lowest BCUT2D eigenvalue weighted by Crippen LogP contribution is -2.49. The van der Waals surface area contributed by atoms with E-state index in [1.54, 1.807) is 0 Å². The van der Waals surface area contributed by atoms with Gasteiger partial charge in [0.25, 0.3) is 0 Å². The van der Waals surface area contributed by atoms with Crippen molar-refractivity contribution in [3.8, 4) is 0 Å². The van der Waals surface area contributed by atoms with Gasteiger partial charge in [-0.1, -0.05) is 11.6 Å². The highest BCUT2D eigenvalue weighted by molar-refractivity contribution is 6.19. The second-order valence-corrected chi connectivity index (χ2v) is 3.25. The van der Waals surface area contributed by atoms with Crippen molar-refractivity contribution >= 4 is 11.6 Å². The Morgan fingerprint density at radius 3 is 2.83 bits per heavy atom. The third-order valence-electron chi connectivity index (χ3n) is 1.98. The Labute approximate surface area is 76.0 Å². The average Bonchev–Trinajstić information content (AvgIpc) is 2.08. The third-order valence-corrected chi connectivity index (χ3v) is 2.27. The standard InChI is InChI=1S/C7H13ClO4/c1-11-4-2-6(8)12-5(3-9)7(4)10/h4-7,9-10H,2-3H2,1H3/t4-,5-,6?,7-/m0/s1. The summed E-state index contributed by atoms with van der Waals surface area (Å²) >= 11 is 5.70. The molecule has 0 spiro atoms. The van der Waals surface area contributed by atoms with Crippen molar-refractivity contribution in [3.63, 3.8) is 0 Å². The molecule has 0 amide bonds. The first-order chi connectivity index (χ1) is 5.69. The lowest BCUT2D eigenvalue weighted by atomic mass is 10.0. The van der Waals surface area contributed by atoms with E-state index in [4.69, 9.17) is 26.2 Å². The molecule has 4 nitrogen and oxygen atoms in total. The van der Waals surface area contributed by atoms with Crippen LogP contribution in [0.4, 0.5) is 0 Å². The fourth-order valence-electron chi connectivity index (χ4n) is 1.27. The maximum absolute atomic E-state index is 9.48. The zero-order chi connectivity index (χ0) is 9.14. The first-order valence-corrected chi connectivity index (χ1v) is 4.24. The summed E-state index contributed by atoms with van der Waals surface area (Å²) in [7, 11) is 1.50. The molecular weight excluding hydrogens is 184 g/mol. The predicted octanol–water partition coefficient (Wildman–Crippen LogP) is -0.292. The molecule has 0 aromatic rings. The second kappa shape index (κ2) is 4.39. The normalized spacial score (nSPS) is 43.0. The first-order valence-electron chi connectivity index (χ1n) is 3.80. The molecule has 1 heterocycles. The van der Waals surface area contributed by atoms with Gasteiger partial charge in [0.15, 0.2) is 0 Å². The van der Waals surface area contributed by atoms with Gasteiger partial charge in [0.1, 0.15) is 17.8 Å². The Morgan fingerprint density at radius 1 is 1.67 bits per heavy atom. The smallest absolute Gasteiger partial charge is 0.134 e. The van der Waals surface area contributed by atoms with Gasteiger partial charge in [0.05, 0.1) is 12.7 Å². The maximum atomic E-state index is 9.48. The van der Waals surface area contributed by atoms with Gasteiger partial charge in [0, 0.05) is 13.5 Å². The van der Waals surface area contributed by atoms with Gasteiger partial charge >= 0.3 is 0 Å². The van der Waals surface area contributed by atoms with E-state index in [1.165, 1.54) is 7.11 Å². The number of alkyl halides is 1. The van der Waals surface area contributed by atoms with Crippen molar-refractivity contribution in [1.29, 1.82) is 0 Å². The Balaban J connectivity index is 2.55. The summed E-state index contributed by atoms with van der Waals surface area (Å²) in [6.07, 6.45) is -1.34. The molecule has 12 heavy (non-hydrogen) atoms. The zero-order valence-electron chi connectivity index (χ0n) is 6.81. The monoisotopic (exact) mass is 196 g/mol. The Kier molecular flexibility index (Phi) is 3.74. The maximum Gasteiger partial charge on any atom is 0.134 e. The fraction of sp³-hybridized carbons (Fsp3) is 1.00. The topological polar surface area (TPSA) is 58.9 Å². The van der Waals surface area contributed by atoms with Crippen LogP contribution in [0.25, 0.3) is 0 Å². The average molecular weight is 197 g/mol. The summed E-state index contributed by atoms with van der Waals surface area (Å²) in [6, 6.07) is 0. The quantitative estimate of drug-likeness (QED) is 0.596. The van der Waals surface area contributed by atoms with Crippen LogP contribution in [0.1, 0.15) is 6.42 Å². The fourth-order valence-corrected chi connectivity index (χ4v) is 1.58. The summed E-state index contributed by atoms with van der Waals surface area (Å²) < 4.78 is 10.0. The van der Waals surface area contributed by atoms with Crippen molar-refractivity contribution in [1.82, 2.24) is 0 Å². The molecule has 0 radical (unpaired) electrons. The van der Waals surface area contributed by atoms with Gasteiger partial charge in [-0.25, -0.2) is 0 Å². The van der Waals surface area contributed by atoms with Crippen molar-refractivity contribution in [2.75, 3.05) is 13.7 Å². The van der Waals surface area contributed by atoms with Gasteiger partial charge in [-0.3, -0.25) is 0 Å². The van der Waals surface area contributed by atoms with Crippen molar-refractivity contribution in [2.45, 2.75) is 30.3 Å². The second-order valence-electron chi connectivity index (χ2n) is 2.77. The molecule has 1 saturated heterocycles. The molecule has 2 N–H and O–H groups in total. The molecule has 0 aromatic heterocycles. The van der Waals surface area contributed by atoms with Crippen LogP contribution in [0.2, 0.25) is 0 Å². The minimum Gasteiger partial charge on any atom is -0.394 e. The largest absolute Gasteiger partial charge is 0.394 e. The van der Waals surface area contributed by atoms with Crippen molar-refractivity contribution in [2.24, 2.45) is 0 Å². The minimum atomic E-state index is -0.796. The molecule has 0 bridgehead atoms. The summed E-state index contributed by atoms with van der Waals surface area (Å²) in [6.45, 7) is -0.246. The van der Waals surface area contributed by atoms with Gasteiger partial charge < -0.3 is 19.7 Å². The molecule has 0 aromatic carbocycles. The highest BCUT2D eigenvalue weighted by Gasteiger charge is 2.36. The molecule has 1 aliphatic heterocycles. The number of hydrogen-bond acceptors (Lipinski definition) is 4. The van der Waals surface area contributed by atoms with Gasteiger partial charge in [-0.05, 0) is 0 Å². The van der Waals surface area contributed by atoms with E-state index >= 15 is 0 Å². The molecular formula is C7H13ClO4. The summed E-state index contributed by atoms with van der Waals surface area (Å²) in [5.74, 6) is 0. The number of ether oxygens (including phenoxy) is 2. The number of halogens is 1. The lowest BCUT2D eigenvalue weighted by molar-refractivity contribution is -0.167. The van der Waals surface area contributed by atoms with E-state index < -0.39 is 17.8 Å². The Bertz CT molecular complexity index is 129. The van der Waals surface area contributed by atoms with Crippen LogP contribution in [-0.4, -0.2) is 47.8 Å². The van der Waals surface area contributed by atoms with Gasteiger partial charge in [0.2, 0.25) is 0 Å². The van der Waals surface area contributed by atoms with Crippen LogP contribution < -0.4 is 0 Å². The number of aliphatic hydroxyl groups excluding tert-OH is 2. The summed E-state index contributed by atoms with van der Waals surface area (Å²) in [4.78, 5) is 0. The van der Waals surface area contributed by atoms with Crippen LogP contribution in [-0.2, 0) is 9.47 Å². The van der Waals surface area contributed by atoms with E-state index in [0.29, 0.717) is 6.42 Å². The van der Waals surface area contributed by atoms with Crippen LogP contribution >= 0.6 is 11.6 Å². The van der Waals surface area contributed by atoms with E-state index in [2.05, 4.69) is 0 Å². The summed E-state index contributed by atoms with van der Waals surface area (Å²) in [5, 5.41) is 18.3. The first kappa shape index (κ1) is 10.2. The molecule has 1 aliphatic rings. The van der Waals surface area contributed by atoms with Crippen LogP contribution in [0, 0.1) is 0 Å². The molecule has 0 aliphatic carbocycles. The number of aliphatic hydroxyl groups is 2. The number of methoxy groups -OCH3 is 1. The predicted molar refractivity (Wildman–Crippen MR) is 43.0 cm³/mol. The van der Waals surface area contributed by atoms with Gasteiger partial charge in [-0.2, -0.15) is 0 Å². The van der Waals surface area contributed by atoms with Crippen LogP contribution in [0.5, 0.6) is 0 Å². The van der Waals surface area contributed by atoms with Crippen molar-refractivity contribution < 1.29 is 19.7 Å². The summed E-state index contributed by atoms with van der Waals surface area (Å²) in [5.41, 5.74) is -0.490. The third kappa shape index (κ3) is 2.08. The van der Waals surface area contributed by atoms with E-state index in [1.807, 2.05) is 0 Å². The van der Waals surface area contributed by atoms with Crippen LogP contribution in [0.3, 0.4) is 0 Å². The molecule has 1 fully saturated rings. The molecule has 0 saturated carbocycles. The van der Waals surface area contributed by atoms with Crippen LogP contribution in [0.15, 0.2) is 0 Å². The van der Waals surface area contributed by atoms with Crippen molar-refractivity contribution in [3.05, 3.63) is 0 Å². The molecule has 1 unspecified atom stereocenters. The van der Waals surface area contributed by atoms with E-state index in [0.717, 1.165) is 0 Å². The lowest BCUT2D eigenvalue weighted by Gasteiger charge is -2.35. The highest BCUT2D eigenvalue weighted by Crippen LogP contribution is 2.24. The number of hydrogen-bond donors (Lipinski definition) is 2. The highest BCUT2D eigenvalue weighted by atomic mass is 35.5. The number of rotatable bonds is 2. The zero-order valence-corrected chi connectivity index (χ0v) is 7.57. The molecule has 1 rings (SSSR count). The molecule has 72 valence electrons.